The normalized spacial score (nSPS) is 10.3. The smallest absolute Gasteiger partial charge is 0.223 e. The van der Waals surface area contributed by atoms with Crippen molar-refractivity contribution in [3.05, 3.63) is 40.8 Å². The van der Waals surface area contributed by atoms with Crippen molar-refractivity contribution in [2.75, 3.05) is 11.1 Å². The van der Waals surface area contributed by atoms with Crippen LogP contribution in [0.1, 0.15) is 5.56 Å². The zero-order chi connectivity index (χ0) is 12.4. The lowest BCUT2D eigenvalue weighted by Gasteiger charge is -2.07. The van der Waals surface area contributed by atoms with Crippen molar-refractivity contribution < 1.29 is 4.39 Å². The first-order valence-corrected chi connectivity index (χ1v) is 5.25. The maximum absolute atomic E-state index is 13.1. The summed E-state index contributed by atoms with van der Waals surface area (Å²) in [6.45, 7) is 1.68. The average molecular weight is 253 g/mol. The van der Waals surface area contributed by atoms with E-state index in [2.05, 4.69) is 15.3 Å². The van der Waals surface area contributed by atoms with E-state index in [4.69, 9.17) is 17.3 Å². The van der Waals surface area contributed by atoms with Crippen LogP contribution >= 0.6 is 11.6 Å². The molecule has 3 N–H and O–H groups in total. The van der Waals surface area contributed by atoms with Gasteiger partial charge in [0, 0.05) is 11.8 Å². The summed E-state index contributed by atoms with van der Waals surface area (Å²) in [5.74, 6) is 0.295. The van der Waals surface area contributed by atoms with Gasteiger partial charge in [-0.2, -0.15) is 4.98 Å². The SMILES string of the molecule is Cc1cc(Nc2cc(Cl)nc(N)n2)ccc1F. The molecule has 0 saturated heterocycles. The van der Waals surface area contributed by atoms with E-state index < -0.39 is 0 Å². The largest absolute Gasteiger partial charge is 0.368 e. The third kappa shape index (κ3) is 2.82. The molecule has 0 aliphatic heterocycles. The van der Waals surface area contributed by atoms with Crippen LogP contribution in [0.15, 0.2) is 24.3 Å². The van der Waals surface area contributed by atoms with Gasteiger partial charge in [0.05, 0.1) is 0 Å². The minimum atomic E-state index is -0.254. The van der Waals surface area contributed by atoms with Gasteiger partial charge in [-0.25, -0.2) is 9.37 Å². The van der Waals surface area contributed by atoms with Gasteiger partial charge in [-0.3, -0.25) is 0 Å². The molecule has 0 aliphatic rings. The number of nitrogens with zero attached hydrogens (tertiary/aromatic N) is 2. The Hall–Kier alpha value is -1.88. The van der Waals surface area contributed by atoms with E-state index >= 15 is 0 Å². The molecule has 1 aromatic carbocycles. The Labute approximate surface area is 103 Å². The summed E-state index contributed by atoms with van der Waals surface area (Å²) in [4.78, 5) is 7.70. The highest BCUT2D eigenvalue weighted by atomic mass is 35.5. The fraction of sp³-hybridized carbons (Fsp3) is 0.0909. The molecule has 4 nitrogen and oxygen atoms in total. The van der Waals surface area contributed by atoms with Gasteiger partial charge in [-0.05, 0) is 30.7 Å². The van der Waals surface area contributed by atoms with Crippen LogP contribution in [0.2, 0.25) is 5.15 Å². The molecule has 0 unspecified atom stereocenters. The van der Waals surface area contributed by atoms with Crippen molar-refractivity contribution >= 4 is 29.1 Å². The molecule has 0 atom stereocenters. The third-order valence-corrected chi connectivity index (χ3v) is 2.34. The highest BCUT2D eigenvalue weighted by molar-refractivity contribution is 6.29. The third-order valence-electron chi connectivity index (χ3n) is 2.14. The Balaban J connectivity index is 2.28. The molecular formula is C11H10ClFN4. The molecular weight excluding hydrogens is 243 g/mol. The second-order valence-corrected chi connectivity index (χ2v) is 3.91. The Morgan fingerprint density at radius 1 is 1.29 bits per heavy atom. The number of halogens is 2. The number of hydrogen-bond donors (Lipinski definition) is 2. The minimum absolute atomic E-state index is 0.0823. The summed E-state index contributed by atoms with van der Waals surface area (Å²) < 4.78 is 13.1. The van der Waals surface area contributed by atoms with E-state index in [0.717, 1.165) is 0 Å². The minimum Gasteiger partial charge on any atom is -0.368 e. The lowest BCUT2D eigenvalue weighted by Crippen LogP contribution is -2.00. The maximum Gasteiger partial charge on any atom is 0.223 e. The summed E-state index contributed by atoms with van der Waals surface area (Å²) >= 11 is 5.74. The van der Waals surface area contributed by atoms with E-state index in [1.807, 2.05) is 0 Å². The molecule has 0 amide bonds. The number of nitrogen functional groups attached to an aromatic ring is 1. The molecule has 0 fully saturated rings. The standard InChI is InChI=1S/C11H10ClFN4/c1-6-4-7(2-3-8(6)13)15-10-5-9(12)16-11(14)17-10/h2-5H,1H3,(H3,14,15,16,17). The van der Waals surface area contributed by atoms with E-state index in [9.17, 15) is 4.39 Å². The van der Waals surface area contributed by atoms with Crippen LogP contribution < -0.4 is 11.1 Å². The van der Waals surface area contributed by atoms with Crippen LogP contribution in [0.25, 0.3) is 0 Å². The van der Waals surface area contributed by atoms with Crippen LogP contribution in [0.3, 0.4) is 0 Å². The summed E-state index contributed by atoms with van der Waals surface area (Å²) in [7, 11) is 0. The van der Waals surface area contributed by atoms with Crippen molar-refractivity contribution in [1.82, 2.24) is 9.97 Å². The molecule has 1 aromatic heterocycles. The summed E-state index contributed by atoms with van der Waals surface area (Å²) in [5.41, 5.74) is 6.71. The number of hydrogen-bond acceptors (Lipinski definition) is 4. The Bertz CT molecular complexity index is 539. The molecule has 1 heterocycles. The molecule has 0 spiro atoms. The van der Waals surface area contributed by atoms with Crippen molar-refractivity contribution in [2.24, 2.45) is 0 Å². The van der Waals surface area contributed by atoms with Gasteiger partial charge in [0.25, 0.3) is 0 Å². The van der Waals surface area contributed by atoms with Gasteiger partial charge in [-0.15, -0.1) is 0 Å². The molecule has 88 valence electrons. The van der Waals surface area contributed by atoms with Gasteiger partial charge < -0.3 is 11.1 Å². The molecule has 0 radical (unpaired) electrons. The Morgan fingerprint density at radius 3 is 2.71 bits per heavy atom. The van der Waals surface area contributed by atoms with Crippen LogP contribution in [-0.4, -0.2) is 9.97 Å². The van der Waals surface area contributed by atoms with Gasteiger partial charge in [-0.1, -0.05) is 11.6 Å². The number of rotatable bonds is 2. The number of anilines is 3. The summed E-state index contributed by atoms with van der Waals surface area (Å²) in [5, 5.41) is 3.22. The van der Waals surface area contributed by atoms with Crippen LogP contribution in [-0.2, 0) is 0 Å². The van der Waals surface area contributed by atoms with Crippen LogP contribution in [0.4, 0.5) is 21.8 Å². The van der Waals surface area contributed by atoms with Gasteiger partial charge in [0.1, 0.15) is 16.8 Å². The second-order valence-electron chi connectivity index (χ2n) is 3.52. The molecule has 2 rings (SSSR count). The first kappa shape index (κ1) is 11.6. The Kier molecular flexibility index (Phi) is 3.10. The van der Waals surface area contributed by atoms with Gasteiger partial charge >= 0.3 is 0 Å². The zero-order valence-electron chi connectivity index (χ0n) is 9.04. The monoisotopic (exact) mass is 252 g/mol. The molecule has 2 aromatic rings. The number of aromatic nitrogens is 2. The second kappa shape index (κ2) is 4.55. The van der Waals surface area contributed by atoms with Crippen LogP contribution in [0, 0.1) is 12.7 Å². The lowest BCUT2D eigenvalue weighted by molar-refractivity contribution is 0.619. The van der Waals surface area contributed by atoms with E-state index in [-0.39, 0.29) is 16.9 Å². The topological polar surface area (TPSA) is 63.8 Å². The van der Waals surface area contributed by atoms with E-state index in [1.54, 1.807) is 19.1 Å². The first-order chi connectivity index (χ1) is 8.04. The highest BCUT2D eigenvalue weighted by Gasteiger charge is 2.03. The fourth-order valence-corrected chi connectivity index (χ4v) is 1.56. The highest BCUT2D eigenvalue weighted by Crippen LogP contribution is 2.20. The lowest BCUT2D eigenvalue weighted by atomic mass is 10.2. The average Bonchev–Trinajstić information content (AvgIpc) is 2.22. The summed E-state index contributed by atoms with van der Waals surface area (Å²) in [6, 6.07) is 6.19. The number of nitrogens with one attached hydrogen (secondary N) is 1. The van der Waals surface area contributed by atoms with Crippen LogP contribution in [0.5, 0.6) is 0 Å². The molecule has 6 heteroatoms. The van der Waals surface area contributed by atoms with Crippen molar-refractivity contribution in [3.63, 3.8) is 0 Å². The van der Waals surface area contributed by atoms with E-state index in [1.165, 1.54) is 12.1 Å². The quantitative estimate of drug-likeness (QED) is 0.807. The van der Waals surface area contributed by atoms with Crippen molar-refractivity contribution in [1.29, 1.82) is 0 Å². The molecule has 17 heavy (non-hydrogen) atoms. The van der Waals surface area contributed by atoms with Crippen molar-refractivity contribution in [3.8, 4) is 0 Å². The maximum atomic E-state index is 13.1. The van der Waals surface area contributed by atoms with E-state index in [0.29, 0.717) is 17.1 Å². The predicted octanol–water partition coefficient (Wildman–Crippen LogP) is 2.90. The predicted molar refractivity (Wildman–Crippen MR) is 65.9 cm³/mol. The van der Waals surface area contributed by atoms with Gasteiger partial charge in [0.15, 0.2) is 0 Å². The first-order valence-electron chi connectivity index (χ1n) is 4.88. The van der Waals surface area contributed by atoms with Crippen molar-refractivity contribution in [2.45, 2.75) is 6.92 Å². The number of nitrogens with two attached hydrogens (primary N) is 1. The fourth-order valence-electron chi connectivity index (χ4n) is 1.37. The Morgan fingerprint density at radius 2 is 2.06 bits per heavy atom. The number of benzene rings is 1. The summed E-state index contributed by atoms with van der Waals surface area (Å²) in [6.07, 6.45) is 0. The number of aryl methyl sites for hydroxylation is 1. The zero-order valence-corrected chi connectivity index (χ0v) is 9.79. The van der Waals surface area contributed by atoms with Gasteiger partial charge in [0.2, 0.25) is 5.95 Å². The molecule has 0 bridgehead atoms. The molecule has 0 aliphatic carbocycles. The molecule has 0 saturated carbocycles.